The molecule has 0 aliphatic carbocycles. The van der Waals surface area contributed by atoms with Crippen LogP contribution in [0.5, 0.6) is 0 Å². The Kier molecular flexibility index (Phi) is 6.34. The zero-order valence-electron chi connectivity index (χ0n) is 13.8. The molecule has 2 N–H and O–H groups in total. The molecule has 1 rings (SSSR count). The molecule has 0 saturated heterocycles. The minimum absolute atomic E-state index is 0.0313. The van der Waals surface area contributed by atoms with Crippen LogP contribution in [0.2, 0.25) is 0 Å². The van der Waals surface area contributed by atoms with Crippen molar-refractivity contribution < 1.29 is 14.3 Å². The molecular formula is C16H25N3O3. The third kappa shape index (κ3) is 6.11. The molecule has 0 bridgehead atoms. The SMILES string of the molecule is CCC(C)[C@H](NC(=O)OC(C)(C)C)C(=O)Nc1ccccn1. The Labute approximate surface area is 131 Å². The molecule has 0 aliphatic rings. The maximum atomic E-state index is 12.4. The maximum Gasteiger partial charge on any atom is 0.408 e. The van der Waals surface area contributed by atoms with Crippen molar-refractivity contribution in [2.24, 2.45) is 5.92 Å². The molecule has 22 heavy (non-hydrogen) atoms. The molecule has 0 fully saturated rings. The molecule has 6 heteroatoms. The van der Waals surface area contributed by atoms with Crippen molar-refractivity contribution in [2.45, 2.75) is 52.7 Å². The van der Waals surface area contributed by atoms with Gasteiger partial charge in [-0.25, -0.2) is 9.78 Å². The predicted octanol–water partition coefficient (Wildman–Crippen LogP) is 2.96. The average Bonchev–Trinajstić information content (AvgIpc) is 2.43. The number of hydrogen-bond acceptors (Lipinski definition) is 4. The van der Waals surface area contributed by atoms with Crippen LogP contribution >= 0.6 is 0 Å². The summed E-state index contributed by atoms with van der Waals surface area (Å²) >= 11 is 0. The van der Waals surface area contributed by atoms with Crippen LogP contribution in [0.15, 0.2) is 24.4 Å². The van der Waals surface area contributed by atoms with E-state index in [0.717, 1.165) is 6.42 Å². The number of amides is 2. The molecule has 2 atom stereocenters. The molecule has 0 radical (unpaired) electrons. The quantitative estimate of drug-likeness (QED) is 0.876. The summed E-state index contributed by atoms with van der Waals surface area (Å²) in [6, 6.07) is 4.56. The van der Waals surface area contributed by atoms with Gasteiger partial charge in [-0.3, -0.25) is 4.79 Å². The zero-order valence-corrected chi connectivity index (χ0v) is 13.8. The van der Waals surface area contributed by atoms with E-state index in [9.17, 15) is 9.59 Å². The van der Waals surface area contributed by atoms with Crippen molar-refractivity contribution in [1.29, 1.82) is 0 Å². The van der Waals surface area contributed by atoms with Crippen molar-refractivity contribution in [1.82, 2.24) is 10.3 Å². The number of hydrogen-bond donors (Lipinski definition) is 2. The van der Waals surface area contributed by atoms with Gasteiger partial charge in [0.25, 0.3) is 0 Å². The Hall–Kier alpha value is -2.11. The number of alkyl carbamates (subject to hydrolysis) is 1. The van der Waals surface area contributed by atoms with E-state index in [2.05, 4.69) is 15.6 Å². The molecule has 2 amide bonds. The highest BCUT2D eigenvalue weighted by Gasteiger charge is 2.28. The highest BCUT2D eigenvalue weighted by Crippen LogP contribution is 2.13. The molecule has 1 heterocycles. The second-order valence-corrected chi connectivity index (χ2v) is 6.21. The number of pyridine rings is 1. The molecule has 1 aromatic rings. The van der Waals surface area contributed by atoms with Crippen molar-refractivity contribution >= 4 is 17.8 Å². The molecule has 0 aliphatic heterocycles. The third-order valence-electron chi connectivity index (χ3n) is 3.08. The summed E-state index contributed by atoms with van der Waals surface area (Å²) in [5.74, 6) is 0.113. The molecule has 6 nitrogen and oxygen atoms in total. The standard InChI is InChI=1S/C16H25N3O3/c1-6-11(2)13(19-15(21)22-16(3,4)5)14(20)18-12-9-7-8-10-17-12/h7-11,13H,6H2,1-5H3,(H,19,21)(H,17,18,20)/t11?,13-/m0/s1. The van der Waals surface area contributed by atoms with Gasteiger partial charge in [0.15, 0.2) is 0 Å². The fraction of sp³-hybridized carbons (Fsp3) is 0.562. The normalized spacial score (nSPS) is 13.9. The van der Waals surface area contributed by atoms with Gasteiger partial charge >= 0.3 is 6.09 Å². The molecule has 0 spiro atoms. The Morgan fingerprint density at radius 1 is 1.32 bits per heavy atom. The number of nitrogens with zero attached hydrogens (tertiary/aromatic N) is 1. The first-order chi connectivity index (χ1) is 10.2. The molecule has 122 valence electrons. The fourth-order valence-corrected chi connectivity index (χ4v) is 1.78. The molecular weight excluding hydrogens is 282 g/mol. The maximum absolute atomic E-state index is 12.4. The van der Waals surface area contributed by atoms with E-state index in [1.54, 1.807) is 45.2 Å². The van der Waals surface area contributed by atoms with Crippen LogP contribution in [0.25, 0.3) is 0 Å². The number of nitrogens with one attached hydrogen (secondary N) is 2. The van der Waals surface area contributed by atoms with Gasteiger partial charge in [0, 0.05) is 6.20 Å². The van der Waals surface area contributed by atoms with Crippen LogP contribution in [0.3, 0.4) is 0 Å². The lowest BCUT2D eigenvalue weighted by molar-refractivity contribution is -0.119. The van der Waals surface area contributed by atoms with Gasteiger partial charge in [0.1, 0.15) is 17.5 Å². The van der Waals surface area contributed by atoms with Crippen LogP contribution < -0.4 is 10.6 Å². The largest absolute Gasteiger partial charge is 0.444 e. The summed E-state index contributed by atoms with van der Waals surface area (Å²) in [4.78, 5) is 28.4. The Bertz CT molecular complexity index is 497. The van der Waals surface area contributed by atoms with Crippen LogP contribution in [0, 0.1) is 5.92 Å². The third-order valence-corrected chi connectivity index (χ3v) is 3.08. The smallest absolute Gasteiger partial charge is 0.408 e. The Morgan fingerprint density at radius 2 is 2.00 bits per heavy atom. The van der Waals surface area contributed by atoms with Gasteiger partial charge in [-0.2, -0.15) is 0 Å². The van der Waals surface area contributed by atoms with Gasteiger partial charge in [-0.05, 0) is 38.8 Å². The van der Waals surface area contributed by atoms with E-state index in [-0.39, 0.29) is 11.8 Å². The topological polar surface area (TPSA) is 80.3 Å². The van der Waals surface area contributed by atoms with Gasteiger partial charge in [0.05, 0.1) is 0 Å². The zero-order chi connectivity index (χ0) is 16.8. The highest BCUT2D eigenvalue weighted by atomic mass is 16.6. The van der Waals surface area contributed by atoms with E-state index in [4.69, 9.17) is 4.74 Å². The van der Waals surface area contributed by atoms with Crippen LogP contribution in [0.1, 0.15) is 41.0 Å². The number of aromatic nitrogens is 1. The monoisotopic (exact) mass is 307 g/mol. The van der Waals surface area contributed by atoms with E-state index in [1.807, 2.05) is 13.8 Å². The summed E-state index contributed by atoms with van der Waals surface area (Å²) in [6.45, 7) is 9.19. The minimum atomic E-state index is -0.679. The van der Waals surface area contributed by atoms with Crippen LogP contribution in [0.4, 0.5) is 10.6 Å². The number of carbonyl (C=O) groups is 2. The van der Waals surface area contributed by atoms with Gasteiger partial charge < -0.3 is 15.4 Å². The molecule has 0 aromatic carbocycles. The number of carbonyl (C=O) groups excluding carboxylic acids is 2. The van der Waals surface area contributed by atoms with Gasteiger partial charge in [-0.1, -0.05) is 26.3 Å². The van der Waals surface area contributed by atoms with Crippen molar-refractivity contribution in [3.63, 3.8) is 0 Å². The first-order valence-electron chi connectivity index (χ1n) is 7.44. The molecule has 1 aromatic heterocycles. The van der Waals surface area contributed by atoms with E-state index < -0.39 is 17.7 Å². The lowest BCUT2D eigenvalue weighted by atomic mass is 9.98. The van der Waals surface area contributed by atoms with Crippen LogP contribution in [-0.2, 0) is 9.53 Å². The minimum Gasteiger partial charge on any atom is -0.444 e. The van der Waals surface area contributed by atoms with E-state index >= 15 is 0 Å². The number of rotatable bonds is 5. The summed E-state index contributed by atoms with van der Waals surface area (Å²) in [7, 11) is 0. The summed E-state index contributed by atoms with van der Waals surface area (Å²) in [5, 5.41) is 5.35. The first kappa shape index (κ1) is 17.9. The van der Waals surface area contributed by atoms with E-state index in [1.165, 1.54) is 0 Å². The summed E-state index contributed by atoms with van der Waals surface area (Å²) in [6.07, 6.45) is 1.74. The summed E-state index contributed by atoms with van der Waals surface area (Å²) in [5.41, 5.74) is -0.610. The molecule has 1 unspecified atom stereocenters. The predicted molar refractivity (Wildman–Crippen MR) is 85.5 cm³/mol. The molecule has 0 saturated carbocycles. The van der Waals surface area contributed by atoms with Crippen molar-refractivity contribution in [2.75, 3.05) is 5.32 Å². The van der Waals surface area contributed by atoms with E-state index in [0.29, 0.717) is 5.82 Å². The Morgan fingerprint density at radius 3 is 2.50 bits per heavy atom. The number of ether oxygens (including phenoxy) is 1. The van der Waals surface area contributed by atoms with Gasteiger partial charge in [-0.15, -0.1) is 0 Å². The fourth-order valence-electron chi connectivity index (χ4n) is 1.78. The van der Waals surface area contributed by atoms with Crippen molar-refractivity contribution in [3.05, 3.63) is 24.4 Å². The first-order valence-corrected chi connectivity index (χ1v) is 7.44. The van der Waals surface area contributed by atoms with Crippen molar-refractivity contribution in [3.8, 4) is 0 Å². The summed E-state index contributed by atoms with van der Waals surface area (Å²) < 4.78 is 5.22. The Balaban J connectivity index is 2.75. The lowest BCUT2D eigenvalue weighted by Gasteiger charge is -2.26. The second kappa shape index (κ2) is 7.77. The lowest BCUT2D eigenvalue weighted by Crippen LogP contribution is -2.49. The second-order valence-electron chi connectivity index (χ2n) is 6.21. The van der Waals surface area contributed by atoms with Gasteiger partial charge in [0.2, 0.25) is 5.91 Å². The van der Waals surface area contributed by atoms with Crippen LogP contribution in [-0.4, -0.2) is 28.6 Å². The average molecular weight is 307 g/mol. The highest BCUT2D eigenvalue weighted by molar-refractivity contribution is 5.96. The number of anilines is 1.